The summed E-state index contributed by atoms with van der Waals surface area (Å²) in [5.41, 5.74) is 0. The Balaban J connectivity index is 1.40. The van der Waals surface area contributed by atoms with Gasteiger partial charge in [-0.3, -0.25) is 0 Å². The predicted molar refractivity (Wildman–Crippen MR) is 68.9 cm³/mol. The zero-order chi connectivity index (χ0) is 14.0. The summed E-state index contributed by atoms with van der Waals surface area (Å²) in [5, 5.41) is 21.7. The number of nitrogens with one attached hydrogen (secondary N) is 1. The Hall–Kier alpha value is -1.30. The molecule has 3 N–H and O–H groups in total. The van der Waals surface area contributed by atoms with E-state index in [4.69, 9.17) is 5.11 Å². The number of amides is 2. The van der Waals surface area contributed by atoms with E-state index in [-0.39, 0.29) is 25.0 Å². The summed E-state index contributed by atoms with van der Waals surface area (Å²) in [6.45, 7) is 0.123. The lowest BCUT2D eigenvalue weighted by Gasteiger charge is -2.22. The van der Waals surface area contributed by atoms with Crippen molar-refractivity contribution in [1.29, 1.82) is 0 Å². The van der Waals surface area contributed by atoms with Crippen molar-refractivity contribution < 1.29 is 19.8 Å². The molecular weight excluding hydrogens is 260 g/mol. The fraction of sp³-hybridized carbons (Fsp3) is 0.857. The molecule has 0 spiro atoms. The summed E-state index contributed by atoms with van der Waals surface area (Å²) < 4.78 is 0. The van der Waals surface area contributed by atoms with Crippen LogP contribution in [0.1, 0.15) is 25.7 Å². The van der Waals surface area contributed by atoms with E-state index in [1.54, 1.807) is 0 Å². The Kier molecular flexibility index (Phi) is 2.55. The van der Waals surface area contributed by atoms with Crippen molar-refractivity contribution in [3.8, 4) is 0 Å². The molecule has 3 aliphatic carbocycles. The second-order valence-electron chi connectivity index (χ2n) is 6.86. The smallest absolute Gasteiger partial charge is 0.326 e. The number of aliphatic carboxylic acids is 1. The fourth-order valence-electron chi connectivity index (χ4n) is 5.02. The van der Waals surface area contributed by atoms with Gasteiger partial charge in [0.05, 0.1) is 6.10 Å². The van der Waals surface area contributed by atoms with E-state index in [1.165, 1.54) is 24.2 Å². The molecule has 1 aliphatic heterocycles. The molecule has 2 bridgehead atoms. The Morgan fingerprint density at radius 1 is 1.10 bits per heavy atom. The van der Waals surface area contributed by atoms with Crippen molar-refractivity contribution in [1.82, 2.24) is 10.2 Å². The van der Waals surface area contributed by atoms with Gasteiger partial charge in [0, 0.05) is 19.0 Å². The zero-order valence-corrected chi connectivity index (χ0v) is 11.2. The molecule has 6 heteroatoms. The van der Waals surface area contributed by atoms with Gasteiger partial charge in [-0.1, -0.05) is 0 Å². The highest BCUT2D eigenvalue weighted by molar-refractivity contribution is 5.83. The molecule has 2 amide bonds. The summed E-state index contributed by atoms with van der Waals surface area (Å²) in [6.07, 6.45) is 3.31. The molecule has 4 rings (SSSR count). The van der Waals surface area contributed by atoms with Crippen LogP contribution >= 0.6 is 0 Å². The van der Waals surface area contributed by atoms with Crippen LogP contribution in [0.4, 0.5) is 4.79 Å². The molecule has 0 aromatic carbocycles. The second kappa shape index (κ2) is 4.10. The molecule has 20 heavy (non-hydrogen) atoms. The number of nitrogens with zero attached hydrogens (tertiary/aromatic N) is 1. The summed E-state index contributed by atoms with van der Waals surface area (Å²) in [6, 6.07) is -0.950. The first-order valence-electron chi connectivity index (χ1n) is 7.54. The van der Waals surface area contributed by atoms with Gasteiger partial charge < -0.3 is 20.4 Å². The van der Waals surface area contributed by atoms with Gasteiger partial charge >= 0.3 is 12.0 Å². The average molecular weight is 280 g/mol. The molecule has 4 aliphatic rings. The largest absolute Gasteiger partial charge is 0.480 e. The maximum absolute atomic E-state index is 12.3. The minimum atomic E-state index is -1.03. The third-order valence-corrected chi connectivity index (χ3v) is 5.85. The molecule has 6 nitrogen and oxygen atoms in total. The molecule has 0 aromatic rings. The van der Waals surface area contributed by atoms with Crippen molar-refractivity contribution >= 4 is 12.0 Å². The van der Waals surface area contributed by atoms with Crippen molar-refractivity contribution in [2.45, 2.75) is 43.9 Å². The van der Waals surface area contributed by atoms with Gasteiger partial charge in [-0.2, -0.15) is 0 Å². The first-order chi connectivity index (χ1) is 9.56. The number of urea groups is 1. The van der Waals surface area contributed by atoms with Crippen molar-refractivity contribution in [2.24, 2.45) is 23.7 Å². The second-order valence-corrected chi connectivity index (χ2v) is 6.86. The molecule has 6 atom stereocenters. The fourth-order valence-corrected chi connectivity index (χ4v) is 5.02. The molecule has 4 fully saturated rings. The summed E-state index contributed by atoms with van der Waals surface area (Å²) in [7, 11) is 0. The molecule has 110 valence electrons. The normalized spacial score (nSPS) is 48.2. The lowest BCUT2D eigenvalue weighted by Crippen LogP contribution is -2.47. The van der Waals surface area contributed by atoms with E-state index in [9.17, 15) is 14.7 Å². The third kappa shape index (κ3) is 1.67. The van der Waals surface area contributed by atoms with Crippen LogP contribution in [0.5, 0.6) is 0 Å². The summed E-state index contributed by atoms with van der Waals surface area (Å²) in [4.78, 5) is 24.7. The van der Waals surface area contributed by atoms with Gasteiger partial charge in [0.25, 0.3) is 0 Å². The van der Waals surface area contributed by atoms with E-state index in [0.29, 0.717) is 11.8 Å². The van der Waals surface area contributed by atoms with Crippen LogP contribution in [0, 0.1) is 23.7 Å². The van der Waals surface area contributed by atoms with Crippen LogP contribution in [-0.2, 0) is 4.79 Å². The van der Waals surface area contributed by atoms with Crippen LogP contribution < -0.4 is 5.32 Å². The van der Waals surface area contributed by atoms with Crippen molar-refractivity contribution in [3.63, 3.8) is 0 Å². The quantitative estimate of drug-likeness (QED) is 0.677. The number of carboxylic acid groups (broad SMARTS) is 1. The van der Waals surface area contributed by atoms with Gasteiger partial charge in [0.1, 0.15) is 6.04 Å². The highest BCUT2D eigenvalue weighted by Crippen LogP contribution is 2.65. The number of carbonyl (C=O) groups is 2. The molecule has 1 heterocycles. The summed E-state index contributed by atoms with van der Waals surface area (Å²) in [5.74, 6) is 1.78. The molecule has 3 saturated carbocycles. The number of carbonyl (C=O) groups excluding carboxylic acids is 1. The molecule has 6 unspecified atom stereocenters. The number of likely N-dealkylation sites (tertiary alicyclic amines) is 1. The first kappa shape index (κ1) is 12.4. The van der Waals surface area contributed by atoms with Crippen molar-refractivity contribution in [2.75, 3.05) is 6.54 Å². The number of hydrogen-bond donors (Lipinski definition) is 3. The van der Waals surface area contributed by atoms with E-state index in [2.05, 4.69) is 5.32 Å². The number of β-amino-alcohol motifs (C(OH)–C–C–N with tert-alkyl or cyclic N) is 1. The number of fused-ring (bicyclic) bond motifs is 5. The highest BCUT2D eigenvalue weighted by atomic mass is 16.4. The lowest BCUT2D eigenvalue weighted by molar-refractivity contribution is -0.141. The predicted octanol–water partition coefficient (Wildman–Crippen LogP) is 0.260. The number of aliphatic hydroxyl groups is 1. The van der Waals surface area contributed by atoms with Crippen LogP contribution in [0.25, 0.3) is 0 Å². The lowest BCUT2D eigenvalue weighted by atomic mass is 10.0. The molecular formula is C14H20N2O4. The van der Waals surface area contributed by atoms with E-state index in [1.807, 2.05) is 0 Å². The first-order valence-corrected chi connectivity index (χ1v) is 7.54. The van der Waals surface area contributed by atoms with Crippen LogP contribution in [0.3, 0.4) is 0 Å². The Morgan fingerprint density at radius 3 is 2.35 bits per heavy atom. The molecule has 1 saturated heterocycles. The van der Waals surface area contributed by atoms with Gasteiger partial charge in [0.15, 0.2) is 0 Å². The van der Waals surface area contributed by atoms with Gasteiger partial charge in [0.2, 0.25) is 0 Å². The summed E-state index contributed by atoms with van der Waals surface area (Å²) >= 11 is 0. The van der Waals surface area contributed by atoms with Crippen LogP contribution in [-0.4, -0.2) is 51.8 Å². The zero-order valence-electron chi connectivity index (χ0n) is 11.2. The van der Waals surface area contributed by atoms with Gasteiger partial charge in [-0.15, -0.1) is 0 Å². The maximum atomic E-state index is 12.3. The monoisotopic (exact) mass is 280 g/mol. The molecule has 0 aromatic heterocycles. The molecule has 0 radical (unpaired) electrons. The van der Waals surface area contributed by atoms with E-state index in [0.717, 1.165) is 11.8 Å². The van der Waals surface area contributed by atoms with Crippen molar-refractivity contribution in [3.05, 3.63) is 0 Å². The maximum Gasteiger partial charge on any atom is 0.326 e. The van der Waals surface area contributed by atoms with Gasteiger partial charge in [-0.25, -0.2) is 9.59 Å². The SMILES string of the molecule is O=C(O)C1CC(O)CN1C(=O)NC1C2C3CCC(C3)C12. The van der Waals surface area contributed by atoms with Crippen LogP contribution in [0.15, 0.2) is 0 Å². The standard InChI is InChI=1S/C14H20N2O4/c17-8-4-9(13(18)19)16(5-8)14(20)15-12-10-6-1-2-7(3-6)11(10)12/h6-12,17H,1-5H2,(H,15,20)(H,18,19). The number of carboxylic acids is 1. The third-order valence-electron chi connectivity index (χ3n) is 5.85. The number of aliphatic hydroxyl groups excluding tert-OH is 1. The van der Waals surface area contributed by atoms with Crippen LogP contribution in [0.2, 0.25) is 0 Å². The Bertz CT molecular complexity index is 452. The van der Waals surface area contributed by atoms with E-state index >= 15 is 0 Å². The Morgan fingerprint density at radius 2 is 1.75 bits per heavy atom. The average Bonchev–Trinajstić information content (AvgIpc) is 2.81. The van der Waals surface area contributed by atoms with E-state index < -0.39 is 18.1 Å². The topological polar surface area (TPSA) is 89.9 Å². The number of hydrogen-bond acceptors (Lipinski definition) is 3. The van der Waals surface area contributed by atoms with Gasteiger partial charge in [-0.05, 0) is 42.9 Å². The highest BCUT2D eigenvalue weighted by Gasteiger charge is 2.65. The minimum absolute atomic E-state index is 0.123. The number of rotatable bonds is 2. The Labute approximate surface area is 117 Å². The minimum Gasteiger partial charge on any atom is -0.480 e.